The number of hydrogen-bond donors (Lipinski definition) is 0. The molecule has 0 amide bonds. The minimum atomic E-state index is -0.405. The van der Waals surface area contributed by atoms with Gasteiger partial charge >= 0.3 is 5.97 Å². The Morgan fingerprint density at radius 2 is 1.60 bits per heavy atom. The maximum atomic E-state index is 11.8. The normalized spacial score (nSPS) is 15.0. The quantitative estimate of drug-likeness (QED) is 0.778. The molecule has 2 aromatic rings. The molecule has 5 heteroatoms. The number of hydrogen-bond acceptors (Lipinski definition) is 5. The number of methoxy groups -OCH3 is 1. The minimum Gasteiger partial charge on any atom is -0.490 e. The summed E-state index contributed by atoms with van der Waals surface area (Å²) in [6.45, 7) is 3.59. The highest BCUT2D eigenvalue weighted by Crippen LogP contribution is 2.26. The monoisotopic (exact) mass is 340 g/mol. The third-order valence-electron chi connectivity index (χ3n) is 4.63. The van der Waals surface area contributed by atoms with Gasteiger partial charge in [0, 0.05) is 5.56 Å². The lowest BCUT2D eigenvalue weighted by Crippen LogP contribution is -2.19. The van der Waals surface area contributed by atoms with Crippen molar-refractivity contribution in [3.8, 4) is 17.1 Å². The number of aryl methyl sites for hydroxylation is 2. The second kappa shape index (κ2) is 7.64. The van der Waals surface area contributed by atoms with Crippen LogP contribution in [0.4, 0.5) is 0 Å². The molecule has 0 atom stereocenters. The van der Waals surface area contributed by atoms with Crippen LogP contribution in [-0.2, 0) is 4.74 Å². The van der Waals surface area contributed by atoms with Gasteiger partial charge < -0.3 is 9.47 Å². The lowest BCUT2D eigenvalue weighted by molar-refractivity contribution is 0.0598. The number of nitrogens with zero attached hydrogens (tertiary/aromatic N) is 2. The van der Waals surface area contributed by atoms with Crippen LogP contribution in [0.25, 0.3) is 11.4 Å². The van der Waals surface area contributed by atoms with E-state index in [1.54, 1.807) is 13.8 Å². The second-order valence-electron chi connectivity index (χ2n) is 6.49. The van der Waals surface area contributed by atoms with Gasteiger partial charge in [-0.05, 0) is 63.8 Å². The van der Waals surface area contributed by atoms with Crippen LogP contribution < -0.4 is 4.74 Å². The molecule has 132 valence electrons. The summed E-state index contributed by atoms with van der Waals surface area (Å²) in [5.41, 5.74) is 2.58. The fourth-order valence-corrected chi connectivity index (χ4v) is 3.30. The molecule has 3 rings (SSSR count). The first-order chi connectivity index (χ1) is 12.1. The molecule has 5 nitrogen and oxygen atoms in total. The molecule has 1 fully saturated rings. The first kappa shape index (κ1) is 17.4. The average Bonchev–Trinajstić information content (AvgIpc) is 2.62. The van der Waals surface area contributed by atoms with Crippen molar-refractivity contribution in [2.75, 3.05) is 7.11 Å². The Hall–Kier alpha value is -2.43. The van der Waals surface area contributed by atoms with Gasteiger partial charge in [0.15, 0.2) is 5.82 Å². The predicted octanol–water partition coefficient (Wildman–Crippen LogP) is 4.26. The van der Waals surface area contributed by atoms with E-state index in [0.29, 0.717) is 28.9 Å². The molecule has 1 heterocycles. The van der Waals surface area contributed by atoms with Crippen molar-refractivity contribution in [2.24, 2.45) is 0 Å². The largest absolute Gasteiger partial charge is 0.490 e. The zero-order chi connectivity index (χ0) is 17.8. The molecule has 0 aliphatic heterocycles. The van der Waals surface area contributed by atoms with Gasteiger partial charge in [-0.2, -0.15) is 0 Å². The zero-order valence-corrected chi connectivity index (χ0v) is 15.0. The van der Waals surface area contributed by atoms with Crippen LogP contribution in [0.15, 0.2) is 24.3 Å². The lowest BCUT2D eigenvalue weighted by Gasteiger charge is -2.23. The van der Waals surface area contributed by atoms with Crippen LogP contribution in [-0.4, -0.2) is 29.2 Å². The molecule has 1 aromatic heterocycles. The number of carbonyl (C=O) groups excluding carboxylic acids is 1. The van der Waals surface area contributed by atoms with Crippen LogP contribution >= 0.6 is 0 Å². The highest BCUT2D eigenvalue weighted by atomic mass is 16.5. The Morgan fingerprint density at radius 1 is 1.00 bits per heavy atom. The average molecular weight is 340 g/mol. The molecule has 1 aliphatic rings. The SMILES string of the molecule is COC(=O)c1c(C)nc(-c2ccc(OC3CCCCC3)cc2)nc1C. The zero-order valence-electron chi connectivity index (χ0n) is 15.0. The van der Waals surface area contributed by atoms with E-state index in [9.17, 15) is 4.79 Å². The predicted molar refractivity (Wildman–Crippen MR) is 95.8 cm³/mol. The van der Waals surface area contributed by atoms with Gasteiger partial charge in [-0.25, -0.2) is 14.8 Å². The van der Waals surface area contributed by atoms with Gasteiger partial charge in [0.2, 0.25) is 0 Å². The Bertz CT molecular complexity index is 727. The van der Waals surface area contributed by atoms with Gasteiger partial charge in [-0.15, -0.1) is 0 Å². The molecule has 0 unspecified atom stereocenters. The van der Waals surface area contributed by atoms with Crippen LogP contribution in [0.3, 0.4) is 0 Å². The van der Waals surface area contributed by atoms with E-state index in [2.05, 4.69) is 9.97 Å². The summed E-state index contributed by atoms with van der Waals surface area (Å²) in [4.78, 5) is 20.7. The van der Waals surface area contributed by atoms with E-state index in [4.69, 9.17) is 9.47 Å². The summed E-state index contributed by atoms with van der Waals surface area (Å²) in [6.07, 6.45) is 6.43. The Morgan fingerprint density at radius 3 is 2.16 bits per heavy atom. The van der Waals surface area contributed by atoms with Gasteiger partial charge in [-0.1, -0.05) is 6.42 Å². The highest BCUT2D eigenvalue weighted by Gasteiger charge is 2.18. The van der Waals surface area contributed by atoms with E-state index in [0.717, 1.165) is 24.2 Å². The van der Waals surface area contributed by atoms with Crippen molar-refractivity contribution in [1.29, 1.82) is 0 Å². The Balaban J connectivity index is 1.79. The Kier molecular flexibility index (Phi) is 5.31. The van der Waals surface area contributed by atoms with Crippen LogP contribution in [0.5, 0.6) is 5.75 Å². The molecule has 25 heavy (non-hydrogen) atoms. The maximum absolute atomic E-state index is 11.8. The summed E-state index contributed by atoms with van der Waals surface area (Å²) >= 11 is 0. The van der Waals surface area contributed by atoms with E-state index < -0.39 is 5.97 Å². The van der Waals surface area contributed by atoms with Crippen LogP contribution in [0, 0.1) is 13.8 Å². The van der Waals surface area contributed by atoms with Crippen molar-refractivity contribution < 1.29 is 14.3 Å². The van der Waals surface area contributed by atoms with E-state index >= 15 is 0 Å². The van der Waals surface area contributed by atoms with E-state index in [1.165, 1.54) is 26.4 Å². The topological polar surface area (TPSA) is 61.3 Å². The summed E-state index contributed by atoms with van der Waals surface area (Å²) in [7, 11) is 1.36. The van der Waals surface area contributed by atoms with Crippen LogP contribution in [0.2, 0.25) is 0 Å². The fraction of sp³-hybridized carbons (Fsp3) is 0.450. The van der Waals surface area contributed by atoms with Crippen molar-refractivity contribution in [1.82, 2.24) is 9.97 Å². The van der Waals surface area contributed by atoms with E-state index in [-0.39, 0.29) is 0 Å². The van der Waals surface area contributed by atoms with E-state index in [1.807, 2.05) is 24.3 Å². The van der Waals surface area contributed by atoms with Gasteiger partial charge in [0.05, 0.1) is 24.6 Å². The smallest absolute Gasteiger partial charge is 0.341 e. The first-order valence-electron chi connectivity index (χ1n) is 8.79. The first-order valence-corrected chi connectivity index (χ1v) is 8.79. The summed E-state index contributed by atoms with van der Waals surface area (Å²) in [6, 6.07) is 7.85. The number of ether oxygens (including phenoxy) is 2. The third kappa shape index (κ3) is 3.98. The lowest BCUT2D eigenvalue weighted by atomic mass is 9.98. The number of carbonyl (C=O) groups is 1. The van der Waals surface area contributed by atoms with Crippen LogP contribution in [0.1, 0.15) is 53.8 Å². The van der Waals surface area contributed by atoms with Crippen molar-refractivity contribution >= 4 is 5.97 Å². The molecule has 1 aliphatic carbocycles. The molecule has 0 N–H and O–H groups in total. The van der Waals surface area contributed by atoms with Crippen molar-refractivity contribution in [3.63, 3.8) is 0 Å². The molecular weight excluding hydrogens is 316 g/mol. The molecule has 1 saturated carbocycles. The third-order valence-corrected chi connectivity index (χ3v) is 4.63. The maximum Gasteiger partial charge on any atom is 0.341 e. The Labute approximate surface area is 148 Å². The summed E-state index contributed by atoms with van der Waals surface area (Å²) in [5, 5.41) is 0. The molecule has 0 bridgehead atoms. The van der Waals surface area contributed by atoms with Gasteiger partial charge in [0.25, 0.3) is 0 Å². The van der Waals surface area contributed by atoms with Crippen molar-refractivity contribution in [3.05, 3.63) is 41.2 Å². The number of rotatable bonds is 4. The number of esters is 1. The van der Waals surface area contributed by atoms with Crippen molar-refractivity contribution in [2.45, 2.75) is 52.1 Å². The molecule has 0 radical (unpaired) electrons. The second-order valence-corrected chi connectivity index (χ2v) is 6.49. The summed E-state index contributed by atoms with van der Waals surface area (Å²) in [5.74, 6) is 1.08. The standard InChI is InChI=1S/C20H24N2O3/c1-13-18(20(23)24-3)14(2)22-19(21-13)15-9-11-17(12-10-15)25-16-7-5-4-6-8-16/h9-12,16H,4-8H2,1-3H3. The highest BCUT2D eigenvalue weighted by molar-refractivity contribution is 5.91. The molecule has 0 spiro atoms. The number of benzene rings is 1. The molecule has 1 aromatic carbocycles. The molecular formula is C20H24N2O3. The van der Waals surface area contributed by atoms with Gasteiger partial charge in [-0.3, -0.25) is 0 Å². The fourth-order valence-electron chi connectivity index (χ4n) is 3.30. The summed E-state index contributed by atoms with van der Waals surface area (Å²) < 4.78 is 10.9. The number of aromatic nitrogens is 2. The minimum absolute atomic E-state index is 0.333. The van der Waals surface area contributed by atoms with Gasteiger partial charge in [0.1, 0.15) is 11.3 Å². The molecule has 0 saturated heterocycles.